The highest BCUT2D eigenvalue weighted by Crippen LogP contribution is 2.21. The molecule has 128 valence electrons. The molecule has 2 N–H and O–H groups in total. The van der Waals surface area contributed by atoms with Crippen LogP contribution in [0.15, 0.2) is 54.6 Å². The maximum absolute atomic E-state index is 12.3. The molecule has 0 aromatic heterocycles. The van der Waals surface area contributed by atoms with Gasteiger partial charge in [0.25, 0.3) is 5.91 Å². The third-order valence-corrected chi connectivity index (χ3v) is 3.87. The van der Waals surface area contributed by atoms with E-state index in [1.807, 2.05) is 30.3 Å². The number of aliphatic hydroxyl groups excluding tert-OH is 1. The van der Waals surface area contributed by atoms with Gasteiger partial charge in [0.1, 0.15) is 5.75 Å². The summed E-state index contributed by atoms with van der Waals surface area (Å²) < 4.78 is 5.73. The van der Waals surface area contributed by atoms with Gasteiger partial charge in [-0.1, -0.05) is 41.9 Å². The molecule has 1 atom stereocenters. The lowest BCUT2D eigenvalue weighted by Crippen LogP contribution is -2.47. The van der Waals surface area contributed by atoms with Gasteiger partial charge in [-0.3, -0.25) is 4.79 Å². The number of benzene rings is 2. The number of ether oxygens (including phenoxy) is 1. The Kier molecular flexibility index (Phi) is 6.23. The van der Waals surface area contributed by atoms with E-state index in [-0.39, 0.29) is 5.91 Å². The van der Waals surface area contributed by atoms with Gasteiger partial charge in [-0.15, -0.1) is 0 Å². The zero-order valence-electron chi connectivity index (χ0n) is 13.8. The standard InChI is InChI=1S/C19H22ClNO3/c1-19(2,24-16-10-8-15(20)9-11-16)18(23)21-13-12-17(22)14-6-4-3-5-7-14/h3-11,17,22H,12-13H2,1-2H3,(H,21,23). The highest BCUT2D eigenvalue weighted by atomic mass is 35.5. The number of halogens is 1. The Bertz CT molecular complexity index is 656. The Hall–Kier alpha value is -2.04. The number of aliphatic hydroxyl groups is 1. The molecule has 1 amide bonds. The Morgan fingerprint density at radius 1 is 1.17 bits per heavy atom. The fourth-order valence-electron chi connectivity index (χ4n) is 2.22. The van der Waals surface area contributed by atoms with Crippen LogP contribution in [-0.2, 0) is 4.79 Å². The summed E-state index contributed by atoms with van der Waals surface area (Å²) in [4.78, 5) is 12.3. The second-order valence-electron chi connectivity index (χ2n) is 6.04. The predicted molar refractivity (Wildman–Crippen MR) is 95.2 cm³/mol. The van der Waals surface area contributed by atoms with Crippen LogP contribution < -0.4 is 10.1 Å². The molecular formula is C19H22ClNO3. The third-order valence-electron chi connectivity index (χ3n) is 3.62. The summed E-state index contributed by atoms with van der Waals surface area (Å²) in [5, 5.41) is 13.5. The maximum atomic E-state index is 12.3. The van der Waals surface area contributed by atoms with Gasteiger partial charge in [0.05, 0.1) is 6.10 Å². The van der Waals surface area contributed by atoms with E-state index in [1.54, 1.807) is 38.1 Å². The summed E-state index contributed by atoms with van der Waals surface area (Å²) in [6, 6.07) is 16.2. The van der Waals surface area contributed by atoms with E-state index in [2.05, 4.69) is 5.32 Å². The molecule has 2 aromatic rings. The van der Waals surface area contributed by atoms with Crippen LogP contribution in [0.3, 0.4) is 0 Å². The van der Waals surface area contributed by atoms with Crippen molar-refractivity contribution in [2.24, 2.45) is 0 Å². The van der Waals surface area contributed by atoms with Crippen LogP contribution in [-0.4, -0.2) is 23.2 Å². The molecule has 24 heavy (non-hydrogen) atoms. The quantitative estimate of drug-likeness (QED) is 0.802. The van der Waals surface area contributed by atoms with E-state index in [0.717, 1.165) is 5.56 Å². The number of amides is 1. The number of nitrogens with one attached hydrogen (secondary N) is 1. The van der Waals surface area contributed by atoms with Crippen LogP contribution >= 0.6 is 11.6 Å². The van der Waals surface area contributed by atoms with Gasteiger partial charge >= 0.3 is 0 Å². The minimum atomic E-state index is -1.02. The molecule has 5 heteroatoms. The van der Waals surface area contributed by atoms with Crippen molar-refractivity contribution in [1.29, 1.82) is 0 Å². The topological polar surface area (TPSA) is 58.6 Å². The van der Waals surface area contributed by atoms with Gasteiger partial charge in [-0.25, -0.2) is 0 Å². The van der Waals surface area contributed by atoms with Crippen LogP contribution in [0, 0.1) is 0 Å². The van der Waals surface area contributed by atoms with Crippen LogP contribution in [0.4, 0.5) is 0 Å². The monoisotopic (exact) mass is 347 g/mol. The molecule has 0 bridgehead atoms. The molecule has 0 saturated carbocycles. The Balaban J connectivity index is 1.83. The van der Waals surface area contributed by atoms with Gasteiger partial charge in [0.15, 0.2) is 5.60 Å². The first-order valence-corrected chi connectivity index (χ1v) is 8.22. The van der Waals surface area contributed by atoms with Crippen LogP contribution in [0.5, 0.6) is 5.75 Å². The second kappa shape index (κ2) is 8.18. The summed E-state index contributed by atoms with van der Waals surface area (Å²) >= 11 is 5.84. The van der Waals surface area contributed by atoms with E-state index >= 15 is 0 Å². The molecule has 2 rings (SSSR count). The highest BCUT2D eigenvalue weighted by molar-refractivity contribution is 6.30. The van der Waals surface area contributed by atoms with Crippen LogP contribution in [0.2, 0.25) is 5.02 Å². The van der Waals surface area contributed by atoms with Crippen molar-refractivity contribution in [2.75, 3.05) is 6.54 Å². The molecule has 2 aromatic carbocycles. The Labute approximate surface area is 147 Å². The Morgan fingerprint density at radius 2 is 1.79 bits per heavy atom. The minimum Gasteiger partial charge on any atom is -0.478 e. The average molecular weight is 348 g/mol. The molecule has 0 saturated heterocycles. The number of carbonyl (C=O) groups excluding carboxylic acids is 1. The molecule has 1 unspecified atom stereocenters. The van der Waals surface area contributed by atoms with Gasteiger partial charge in [0.2, 0.25) is 0 Å². The first-order valence-electron chi connectivity index (χ1n) is 7.84. The van der Waals surface area contributed by atoms with E-state index in [1.165, 1.54) is 0 Å². The SMILES string of the molecule is CC(C)(Oc1ccc(Cl)cc1)C(=O)NCCC(O)c1ccccc1. The molecular weight excluding hydrogens is 326 g/mol. The molecule has 0 spiro atoms. The van der Waals surface area contributed by atoms with Crippen molar-refractivity contribution in [1.82, 2.24) is 5.32 Å². The van der Waals surface area contributed by atoms with Crippen molar-refractivity contribution in [3.8, 4) is 5.75 Å². The molecule has 0 aliphatic heterocycles. The summed E-state index contributed by atoms with van der Waals surface area (Å²) in [5.74, 6) is 0.335. The number of carbonyl (C=O) groups is 1. The summed E-state index contributed by atoms with van der Waals surface area (Å²) in [6.07, 6.45) is -0.168. The fraction of sp³-hybridized carbons (Fsp3) is 0.316. The van der Waals surface area contributed by atoms with Crippen molar-refractivity contribution in [3.05, 3.63) is 65.2 Å². The first-order chi connectivity index (χ1) is 11.4. The van der Waals surface area contributed by atoms with E-state index in [4.69, 9.17) is 16.3 Å². The largest absolute Gasteiger partial charge is 0.478 e. The van der Waals surface area contributed by atoms with Gasteiger partial charge < -0.3 is 15.2 Å². The van der Waals surface area contributed by atoms with Crippen molar-refractivity contribution >= 4 is 17.5 Å². The van der Waals surface area contributed by atoms with Gasteiger partial charge in [-0.05, 0) is 50.1 Å². The molecule has 4 nitrogen and oxygen atoms in total. The van der Waals surface area contributed by atoms with Crippen molar-refractivity contribution < 1.29 is 14.6 Å². The van der Waals surface area contributed by atoms with E-state index in [9.17, 15) is 9.90 Å². The zero-order valence-corrected chi connectivity index (χ0v) is 14.6. The summed E-state index contributed by atoms with van der Waals surface area (Å²) in [6.45, 7) is 3.76. The highest BCUT2D eigenvalue weighted by Gasteiger charge is 2.29. The Morgan fingerprint density at radius 3 is 2.42 bits per heavy atom. The molecule has 0 radical (unpaired) electrons. The lowest BCUT2D eigenvalue weighted by molar-refractivity contribution is -0.134. The summed E-state index contributed by atoms with van der Waals surface area (Å²) in [5.41, 5.74) is -0.186. The van der Waals surface area contributed by atoms with Crippen molar-refractivity contribution in [2.45, 2.75) is 32.0 Å². The minimum absolute atomic E-state index is 0.238. The number of rotatable bonds is 7. The molecule has 0 fully saturated rings. The zero-order chi connectivity index (χ0) is 17.6. The molecule has 0 aliphatic rings. The summed E-state index contributed by atoms with van der Waals surface area (Å²) in [7, 11) is 0. The number of hydrogen-bond donors (Lipinski definition) is 2. The smallest absolute Gasteiger partial charge is 0.263 e. The molecule has 0 heterocycles. The lowest BCUT2D eigenvalue weighted by atomic mass is 10.1. The second-order valence-corrected chi connectivity index (χ2v) is 6.47. The predicted octanol–water partition coefficient (Wildman–Crippen LogP) is 3.74. The fourth-order valence-corrected chi connectivity index (χ4v) is 2.35. The van der Waals surface area contributed by atoms with Crippen molar-refractivity contribution in [3.63, 3.8) is 0 Å². The number of hydrogen-bond acceptors (Lipinski definition) is 3. The van der Waals surface area contributed by atoms with E-state index < -0.39 is 11.7 Å². The maximum Gasteiger partial charge on any atom is 0.263 e. The third kappa shape index (κ3) is 5.25. The van der Waals surface area contributed by atoms with Gasteiger partial charge in [-0.2, -0.15) is 0 Å². The van der Waals surface area contributed by atoms with E-state index in [0.29, 0.717) is 23.7 Å². The van der Waals surface area contributed by atoms with Gasteiger partial charge in [0, 0.05) is 11.6 Å². The molecule has 0 aliphatic carbocycles. The average Bonchev–Trinajstić information content (AvgIpc) is 2.57. The van der Waals surface area contributed by atoms with Crippen LogP contribution in [0.1, 0.15) is 31.9 Å². The normalized spacial score (nSPS) is 12.5. The van der Waals surface area contributed by atoms with Crippen LogP contribution in [0.25, 0.3) is 0 Å². The lowest BCUT2D eigenvalue weighted by Gasteiger charge is -2.25. The first kappa shape index (κ1) is 18.3.